The molecule has 0 heteroatoms. The molecule has 0 N–H and O–H groups in total. The van der Waals surface area contributed by atoms with E-state index >= 15 is 0 Å². The number of rotatable bonds is 2. The van der Waals surface area contributed by atoms with Gasteiger partial charge in [0.15, 0.2) is 0 Å². The largest absolute Gasteiger partial charge is 0.0613 e. The minimum atomic E-state index is 1.21. The smallest absolute Gasteiger partial charge is 0.0302 e. The van der Waals surface area contributed by atoms with Gasteiger partial charge in [0.25, 0.3) is 0 Å². The molecule has 0 heterocycles. The Hall–Kier alpha value is -0.520. The van der Waals surface area contributed by atoms with Crippen LogP contribution in [-0.4, -0.2) is 0 Å². The van der Waals surface area contributed by atoms with Crippen molar-refractivity contribution in [3.05, 3.63) is 22.8 Å². The summed E-state index contributed by atoms with van der Waals surface area (Å²) in [6.07, 6.45) is 4.71. The molecule has 0 atom stereocenters. The second-order valence-corrected chi connectivity index (χ2v) is 2.54. The van der Waals surface area contributed by atoms with Gasteiger partial charge in [0, 0.05) is 0 Å². The third-order valence-corrected chi connectivity index (χ3v) is 1.99. The lowest BCUT2D eigenvalue weighted by molar-refractivity contribution is 0.976. The summed E-state index contributed by atoms with van der Waals surface area (Å²) < 4.78 is 0. The fourth-order valence-corrected chi connectivity index (χ4v) is 1.43. The quantitative estimate of drug-likeness (QED) is 0.528. The lowest BCUT2D eigenvalue weighted by Gasteiger charge is -2.19. The number of hydrogen-bond donors (Lipinski definition) is 0. The number of hydrogen-bond acceptors (Lipinski definition) is 0. The lowest BCUT2D eigenvalue weighted by atomic mass is 9.87. The van der Waals surface area contributed by atoms with Gasteiger partial charge in [-0.25, -0.2) is 0 Å². The van der Waals surface area contributed by atoms with E-state index in [0.717, 1.165) is 0 Å². The highest BCUT2D eigenvalue weighted by atomic mass is 14.2. The van der Waals surface area contributed by atoms with Gasteiger partial charge in [-0.2, -0.15) is 0 Å². The van der Waals surface area contributed by atoms with Crippen molar-refractivity contribution in [2.45, 2.75) is 33.6 Å². The topological polar surface area (TPSA) is 0 Å². The third kappa shape index (κ3) is 0.937. The van der Waals surface area contributed by atoms with Crippen LogP contribution in [0.1, 0.15) is 33.6 Å². The van der Waals surface area contributed by atoms with E-state index in [1.54, 1.807) is 11.1 Å². The molecule has 0 aromatic rings. The van der Waals surface area contributed by atoms with Crippen LogP contribution in [0.2, 0.25) is 0 Å². The summed E-state index contributed by atoms with van der Waals surface area (Å²) >= 11 is 0. The highest BCUT2D eigenvalue weighted by Gasteiger charge is 2.11. The Labute approximate surface area is 57.3 Å². The maximum Gasteiger partial charge on any atom is -0.0302 e. The van der Waals surface area contributed by atoms with Gasteiger partial charge in [0.05, 0.1) is 0 Å². The van der Waals surface area contributed by atoms with Crippen LogP contribution in [0.5, 0.6) is 0 Å². The molecule has 0 saturated heterocycles. The lowest BCUT2D eigenvalue weighted by Crippen LogP contribution is -1.99. The molecule has 0 radical (unpaired) electrons. The monoisotopic (exact) mass is 122 g/mol. The van der Waals surface area contributed by atoms with Crippen molar-refractivity contribution in [1.82, 2.24) is 0 Å². The summed E-state index contributed by atoms with van der Waals surface area (Å²) in [4.78, 5) is 0. The van der Waals surface area contributed by atoms with Crippen LogP contribution in [-0.2, 0) is 0 Å². The summed E-state index contributed by atoms with van der Waals surface area (Å²) in [7, 11) is 0. The van der Waals surface area contributed by atoms with E-state index < -0.39 is 0 Å². The van der Waals surface area contributed by atoms with Crippen molar-refractivity contribution in [3.63, 3.8) is 0 Å². The van der Waals surface area contributed by atoms with Crippen LogP contribution < -0.4 is 0 Å². The first-order valence-corrected chi connectivity index (χ1v) is 3.70. The summed E-state index contributed by atoms with van der Waals surface area (Å²) in [5.74, 6) is 0. The van der Waals surface area contributed by atoms with Crippen LogP contribution in [0.15, 0.2) is 22.8 Å². The predicted octanol–water partition coefficient (Wildman–Crippen LogP) is 3.06. The first-order valence-electron chi connectivity index (χ1n) is 3.70. The summed E-state index contributed by atoms with van der Waals surface area (Å²) in [6, 6.07) is 0. The second-order valence-electron chi connectivity index (χ2n) is 2.54. The maximum atomic E-state index is 2.29. The van der Waals surface area contributed by atoms with Crippen LogP contribution in [0.3, 0.4) is 0 Å². The van der Waals surface area contributed by atoms with Crippen LogP contribution in [0.4, 0.5) is 0 Å². The van der Waals surface area contributed by atoms with Gasteiger partial charge in [0.2, 0.25) is 0 Å². The van der Waals surface area contributed by atoms with E-state index in [0.29, 0.717) is 0 Å². The fourth-order valence-electron chi connectivity index (χ4n) is 1.43. The molecule has 1 aliphatic rings. The van der Waals surface area contributed by atoms with Crippen molar-refractivity contribution >= 4 is 0 Å². The van der Waals surface area contributed by atoms with E-state index in [2.05, 4.69) is 26.8 Å². The molecule has 1 aliphatic carbocycles. The zero-order valence-electron chi connectivity index (χ0n) is 6.49. The Morgan fingerprint density at radius 3 is 2.11 bits per heavy atom. The van der Waals surface area contributed by atoms with Gasteiger partial charge in [-0.1, -0.05) is 19.9 Å². The Morgan fingerprint density at radius 2 is 1.89 bits per heavy atom. The molecule has 0 fully saturated rings. The second kappa shape index (κ2) is 2.38. The fraction of sp³-hybridized carbons (Fsp3) is 0.556. The van der Waals surface area contributed by atoms with E-state index in [9.17, 15) is 0 Å². The molecule has 0 saturated carbocycles. The molecule has 50 valence electrons. The normalized spacial score (nSPS) is 17.4. The van der Waals surface area contributed by atoms with Crippen molar-refractivity contribution in [2.24, 2.45) is 0 Å². The molecule has 1 rings (SSSR count). The van der Waals surface area contributed by atoms with Gasteiger partial charge in [-0.3, -0.25) is 0 Å². The molecule has 0 unspecified atom stereocenters. The van der Waals surface area contributed by atoms with Crippen molar-refractivity contribution in [1.29, 1.82) is 0 Å². The zero-order valence-corrected chi connectivity index (χ0v) is 6.49. The van der Waals surface area contributed by atoms with E-state index in [-0.39, 0.29) is 0 Å². The van der Waals surface area contributed by atoms with Gasteiger partial charge in [-0.15, -0.1) is 0 Å². The van der Waals surface area contributed by atoms with Crippen molar-refractivity contribution < 1.29 is 0 Å². The number of allylic oxidation sites excluding steroid dienone is 4. The molecular weight excluding hydrogens is 108 g/mol. The standard InChI is InChI=1S/C9H14/c1-4-8-6-7(3)9(8)5-2/h6H,4-5H2,1-3H3. The minimum absolute atomic E-state index is 1.21. The van der Waals surface area contributed by atoms with E-state index in [1.807, 2.05) is 0 Å². The van der Waals surface area contributed by atoms with Crippen LogP contribution in [0.25, 0.3) is 0 Å². The molecule has 0 bridgehead atoms. The predicted molar refractivity (Wildman–Crippen MR) is 41.4 cm³/mol. The van der Waals surface area contributed by atoms with Crippen LogP contribution >= 0.6 is 0 Å². The summed E-state index contributed by atoms with van der Waals surface area (Å²) in [5, 5.41) is 0. The highest BCUT2D eigenvalue weighted by molar-refractivity contribution is 5.51. The molecular formula is C9H14. The first-order chi connectivity index (χ1) is 4.29. The first kappa shape index (κ1) is 6.60. The Bertz CT molecular complexity index is 170. The van der Waals surface area contributed by atoms with Crippen molar-refractivity contribution in [3.8, 4) is 0 Å². The highest BCUT2D eigenvalue weighted by Crippen LogP contribution is 2.30. The van der Waals surface area contributed by atoms with Gasteiger partial charge in [0.1, 0.15) is 0 Å². The van der Waals surface area contributed by atoms with Gasteiger partial charge >= 0.3 is 0 Å². The van der Waals surface area contributed by atoms with E-state index in [4.69, 9.17) is 0 Å². The summed E-state index contributed by atoms with van der Waals surface area (Å²) in [5.41, 5.74) is 4.65. The van der Waals surface area contributed by atoms with Gasteiger partial charge in [-0.05, 0) is 36.5 Å². The molecule has 0 aromatic heterocycles. The van der Waals surface area contributed by atoms with E-state index in [1.165, 1.54) is 18.4 Å². The molecule has 0 spiro atoms. The molecule has 0 aromatic carbocycles. The zero-order chi connectivity index (χ0) is 6.85. The molecule has 0 amide bonds. The SMILES string of the molecule is CCC1=C(CC)C(C)=C1. The Balaban J connectivity index is 2.63. The van der Waals surface area contributed by atoms with Crippen LogP contribution in [0, 0.1) is 0 Å². The Morgan fingerprint density at radius 1 is 1.22 bits per heavy atom. The maximum absolute atomic E-state index is 2.29. The van der Waals surface area contributed by atoms with Gasteiger partial charge < -0.3 is 0 Å². The average Bonchev–Trinajstić information content (AvgIpc) is 1.83. The molecule has 9 heavy (non-hydrogen) atoms. The molecule has 0 aliphatic heterocycles. The van der Waals surface area contributed by atoms with Crippen molar-refractivity contribution in [2.75, 3.05) is 0 Å². The third-order valence-electron chi connectivity index (χ3n) is 1.99. The Kier molecular flexibility index (Phi) is 1.75. The minimum Gasteiger partial charge on any atom is -0.0613 e. The average molecular weight is 122 g/mol. The molecule has 0 nitrogen and oxygen atoms in total. The summed E-state index contributed by atoms with van der Waals surface area (Å²) in [6.45, 7) is 6.63.